The van der Waals surface area contributed by atoms with E-state index in [9.17, 15) is 4.79 Å². The van der Waals surface area contributed by atoms with Crippen LogP contribution in [-0.2, 0) is 19.5 Å². The lowest BCUT2D eigenvalue weighted by Gasteiger charge is -2.24. The summed E-state index contributed by atoms with van der Waals surface area (Å²) < 4.78 is 5.77. The van der Waals surface area contributed by atoms with E-state index >= 15 is 0 Å². The molecule has 0 bridgehead atoms. The summed E-state index contributed by atoms with van der Waals surface area (Å²) in [7, 11) is 1.78. The Bertz CT molecular complexity index is 1300. The van der Waals surface area contributed by atoms with E-state index in [0.717, 1.165) is 23.0 Å². The molecule has 1 unspecified atom stereocenters. The topological polar surface area (TPSA) is 62.5 Å². The van der Waals surface area contributed by atoms with Gasteiger partial charge < -0.3 is 14.2 Å². The normalized spacial score (nSPS) is 15.2. The molecule has 0 radical (unpaired) electrons. The molecule has 162 valence electrons. The minimum Gasteiger partial charge on any atom is -0.467 e. The number of para-hydroxylation sites is 2. The van der Waals surface area contributed by atoms with Crippen LogP contribution < -0.4 is 4.90 Å². The fraction of sp³-hybridized carbons (Fsp3) is 0.269. The first-order valence-electron chi connectivity index (χ1n) is 10.9. The van der Waals surface area contributed by atoms with E-state index in [1.165, 1.54) is 11.3 Å². The number of benzene rings is 2. The van der Waals surface area contributed by atoms with Gasteiger partial charge >= 0.3 is 0 Å². The molecule has 0 N–H and O–H groups in total. The van der Waals surface area contributed by atoms with Crippen LogP contribution in [0.3, 0.4) is 0 Å². The molecule has 1 atom stereocenters. The number of hydrogen-bond acceptors (Lipinski definition) is 5. The summed E-state index contributed by atoms with van der Waals surface area (Å²) in [5.74, 6) is 1.22. The number of aromatic nitrogens is 2. The summed E-state index contributed by atoms with van der Waals surface area (Å²) >= 11 is 0. The largest absolute Gasteiger partial charge is 0.467 e. The molecule has 6 heteroatoms. The van der Waals surface area contributed by atoms with E-state index < -0.39 is 0 Å². The van der Waals surface area contributed by atoms with Gasteiger partial charge in [0.15, 0.2) is 0 Å². The summed E-state index contributed by atoms with van der Waals surface area (Å²) in [5, 5.41) is 1.03. The van der Waals surface area contributed by atoms with E-state index in [-0.39, 0.29) is 5.91 Å². The maximum absolute atomic E-state index is 13.3. The molecule has 0 fully saturated rings. The van der Waals surface area contributed by atoms with Crippen molar-refractivity contribution < 1.29 is 9.21 Å². The molecule has 0 spiro atoms. The highest BCUT2D eigenvalue weighted by Gasteiger charge is 2.28. The molecular weight excluding hydrogens is 400 g/mol. The van der Waals surface area contributed by atoms with Gasteiger partial charge in [0.05, 0.1) is 30.4 Å². The second-order valence-electron chi connectivity index (χ2n) is 8.47. The second-order valence-corrected chi connectivity index (χ2v) is 8.47. The molecule has 3 heterocycles. The average Bonchev–Trinajstić information content (AvgIpc) is 3.38. The molecule has 32 heavy (non-hydrogen) atoms. The SMILES string of the molecule is Cc1nc(CN(C)C(=O)c2ccoc2CN2c3ccccc3CC2C)nc2ccccc12. The van der Waals surface area contributed by atoms with Gasteiger partial charge in [0, 0.05) is 29.9 Å². The third-order valence-electron chi connectivity index (χ3n) is 6.20. The maximum atomic E-state index is 13.3. The molecule has 0 saturated heterocycles. The third kappa shape index (κ3) is 3.62. The van der Waals surface area contributed by atoms with Crippen LogP contribution in [0.25, 0.3) is 10.9 Å². The fourth-order valence-corrected chi connectivity index (χ4v) is 4.53. The van der Waals surface area contributed by atoms with Gasteiger partial charge in [-0.25, -0.2) is 9.97 Å². The molecular formula is C26H26N4O2. The smallest absolute Gasteiger partial charge is 0.257 e. The van der Waals surface area contributed by atoms with Crippen molar-refractivity contribution >= 4 is 22.5 Å². The van der Waals surface area contributed by atoms with E-state index in [1.54, 1.807) is 24.3 Å². The number of rotatable bonds is 5. The Morgan fingerprint density at radius 2 is 1.91 bits per heavy atom. The lowest BCUT2D eigenvalue weighted by atomic mass is 10.1. The molecule has 6 nitrogen and oxygen atoms in total. The van der Waals surface area contributed by atoms with Crippen LogP contribution in [0, 0.1) is 6.92 Å². The van der Waals surface area contributed by atoms with Crippen molar-refractivity contribution in [2.45, 2.75) is 39.4 Å². The highest BCUT2D eigenvalue weighted by atomic mass is 16.3. The number of nitrogens with zero attached hydrogens (tertiary/aromatic N) is 4. The molecule has 1 aliphatic heterocycles. The molecule has 5 rings (SSSR count). The molecule has 4 aromatic rings. The van der Waals surface area contributed by atoms with Crippen molar-refractivity contribution in [2.24, 2.45) is 0 Å². The predicted molar refractivity (Wildman–Crippen MR) is 125 cm³/mol. The minimum atomic E-state index is -0.0942. The van der Waals surface area contributed by atoms with Crippen LogP contribution in [0.4, 0.5) is 5.69 Å². The van der Waals surface area contributed by atoms with Gasteiger partial charge in [0.25, 0.3) is 5.91 Å². The quantitative estimate of drug-likeness (QED) is 0.461. The number of anilines is 1. The lowest BCUT2D eigenvalue weighted by molar-refractivity contribution is 0.0779. The van der Waals surface area contributed by atoms with Crippen LogP contribution in [0.5, 0.6) is 0 Å². The first-order valence-corrected chi connectivity index (χ1v) is 10.9. The van der Waals surface area contributed by atoms with Crippen LogP contribution in [0.15, 0.2) is 65.3 Å². The number of hydrogen-bond donors (Lipinski definition) is 0. The third-order valence-corrected chi connectivity index (χ3v) is 6.20. The zero-order valence-electron chi connectivity index (χ0n) is 18.6. The summed E-state index contributed by atoms with van der Waals surface area (Å²) in [5.41, 5.74) is 4.93. The number of carbonyl (C=O) groups is 1. The second kappa shape index (κ2) is 8.11. The minimum absolute atomic E-state index is 0.0942. The number of amides is 1. The maximum Gasteiger partial charge on any atom is 0.257 e. The highest BCUT2D eigenvalue weighted by Crippen LogP contribution is 2.33. The van der Waals surface area contributed by atoms with Crippen molar-refractivity contribution in [3.63, 3.8) is 0 Å². The van der Waals surface area contributed by atoms with Gasteiger partial charge in [-0.05, 0) is 44.0 Å². The molecule has 2 aromatic carbocycles. The van der Waals surface area contributed by atoms with Crippen molar-refractivity contribution in [3.05, 3.63) is 89.3 Å². The fourth-order valence-electron chi connectivity index (χ4n) is 4.53. The monoisotopic (exact) mass is 426 g/mol. The Morgan fingerprint density at radius 1 is 1.12 bits per heavy atom. The zero-order chi connectivity index (χ0) is 22.2. The Kier molecular flexibility index (Phi) is 5.13. The Labute approximate surface area is 187 Å². The van der Waals surface area contributed by atoms with E-state index in [1.807, 2.05) is 31.2 Å². The number of fused-ring (bicyclic) bond motifs is 2. The average molecular weight is 427 g/mol. The van der Waals surface area contributed by atoms with Crippen molar-refractivity contribution in [1.29, 1.82) is 0 Å². The van der Waals surface area contributed by atoms with Crippen LogP contribution in [0.1, 0.15) is 40.1 Å². The molecule has 0 saturated carbocycles. The summed E-state index contributed by atoms with van der Waals surface area (Å²) in [4.78, 5) is 26.5. The van der Waals surface area contributed by atoms with Gasteiger partial charge in [0.1, 0.15) is 11.6 Å². The highest BCUT2D eigenvalue weighted by molar-refractivity contribution is 5.95. The van der Waals surface area contributed by atoms with Crippen molar-refractivity contribution in [1.82, 2.24) is 14.9 Å². The van der Waals surface area contributed by atoms with Gasteiger partial charge in [-0.1, -0.05) is 36.4 Å². The molecule has 1 aliphatic rings. The number of aryl methyl sites for hydroxylation is 1. The summed E-state index contributed by atoms with van der Waals surface area (Å²) in [6.45, 7) is 5.07. The molecule has 0 aliphatic carbocycles. The van der Waals surface area contributed by atoms with Crippen LogP contribution in [0.2, 0.25) is 0 Å². The van der Waals surface area contributed by atoms with E-state index in [2.05, 4.69) is 46.1 Å². The Balaban J connectivity index is 1.35. The van der Waals surface area contributed by atoms with Gasteiger partial charge in [-0.15, -0.1) is 0 Å². The van der Waals surface area contributed by atoms with Crippen LogP contribution >= 0.6 is 0 Å². The molecule has 2 aromatic heterocycles. The first-order chi connectivity index (χ1) is 15.5. The number of carbonyl (C=O) groups excluding carboxylic acids is 1. The van der Waals surface area contributed by atoms with Crippen molar-refractivity contribution in [3.8, 4) is 0 Å². The summed E-state index contributed by atoms with van der Waals surface area (Å²) in [6.07, 6.45) is 2.60. The van der Waals surface area contributed by atoms with Gasteiger partial charge in [0.2, 0.25) is 0 Å². The first kappa shape index (κ1) is 20.2. The van der Waals surface area contributed by atoms with Crippen molar-refractivity contribution in [2.75, 3.05) is 11.9 Å². The van der Waals surface area contributed by atoms with Gasteiger partial charge in [-0.2, -0.15) is 0 Å². The number of furan rings is 1. The standard InChI is InChI=1S/C26H26N4O2/c1-17-14-19-8-4-7-11-23(19)30(17)15-24-21(12-13-32-24)26(31)29(3)16-25-27-18(2)20-9-5-6-10-22(20)28-25/h4-13,17H,14-16H2,1-3H3. The molecule has 1 amide bonds. The van der Waals surface area contributed by atoms with E-state index in [4.69, 9.17) is 4.42 Å². The van der Waals surface area contributed by atoms with E-state index in [0.29, 0.717) is 36.3 Å². The zero-order valence-corrected chi connectivity index (χ0v) is 18.6. The predicted octanol–water partition coefficient (Wildman–Crippen LogP) is 4.75. The lowest BCUT2D eigenvalue weighted by Crippen LogP contribution is -2.31. The van der Waals surface area contributed by atoms with Gasteiger partial charge in [-0.3, -0.25) is 4.79 Å². The Hall–Kier alpha value is -3.67. The van der Waals surface area contributed by atoms with Crippen LogP contribution in [-0.4, -0.2) is 33.9 Å². The Morgan fingerprint density at radius 3 is 2.78 bits per heavy atom. The summed E-state index contributed by atoms with van der Waals surface area (Å²) in [6, 6.07) is 18.5.